The molecule has 1 amide bonds. The van der Waals surface area contributed by atoms with E-state index in [4.69, 9.17) is 5.11 Å². The molecule has 0 aliphatic rings. The molecule has 1 rings (SSSR count). The Morgan fingerprint density at radius 3 is 2.78 bits per heavy atom. The highest BCUT2D eigenvalue weighted by atomic mass is 79.9. The fourth-order valence-electron chi connectivity index (χ4n) is 1.34. The zero-order valence-electron chi connectivity index (χ0n) is 9.72. The number of hydrogen-bond acceptors (Lipinski definition) is 4. The van der Waals surface area contributed by atoms with E-state index in [9.17, 15) is 14.9 Å². The Hall–Kier alpha value is -1.47. The molecule has 0 bridgehead atoms. The highest BCUT2D eigenvalue weighted by Crippen LogP contribution is 2.22. The molecule has 0 aromatic heterocycles. The maximum absolute atomic E-state index is 11.9. The second kappa shape index (κ2) is 6.46. The van der Waals surface area contributed by atoms with Crippen LogP contribution >= 0.6 is 15.9 Å². The number of rotatable bonds is 5. The van der Waals surface area contributed by atoms with Crippen molar-refractivity contribution in [1.29, 1.82) is 0 Å². The first-order valence-electron chi connectivity index (χ1n) is 5.35. The first-order valence-corrected chi connectivity index (χ1v) is 6.14. The van der Waals surface area contributed by atoms with E-state index in [1.165, 1.54) is 18.2 Å². The van der Waals surface area contributed by atoms with Gasteiger partial charge in [0.1, 0.15) is 0 Å². The molecule has 7 heteroatoms. The van der Waals surface area contributed by atoms with Crippen molar-refractivity contribution in [2.45, 2.75) is 19.4 Å². The van der Waals surface area contributed by atoms with Crippen LogP contribution in [-0.2, 0) is 0 Å². The zero-order chi connectivity index (χ0) is 13.7. The van der Waals surface area contributed by atoms with Gasteiger partial charge in [0.15, 0.2) is 0 Å². The van der Waals surface area contributed by atoms with Crippen LogP contribution in [0, 0.1) is 10.1 Å². The van der Waals surface area contributed by atoms with Gasteiger partial charge in [-0.05, 0) is 28.4 Å². The minimum atomic E-state index is -0.563. The Labute approximate surface area is 112 Å². The molecule has 0 aliphatic carbocycles. The quantitative estimate of drug-likeness (QED) is 0.640. The lowest BCUT2D eigenvalue weighted by Crippen LogP contribution is -2.37. The summed E-state index contributed by atoms with van der Waals surface area (Å²) in [7, 11) is 0. The third-order valence-electron chi connectivity index (χ3n) is 2.45. The van der Waals surface area contributed by atoms with Crippen molar-refractivity contribution in [2.75, 3.05) is 6.61 Å². The Balaban J connectivity index is 2.97. The summed E-state index contributed by atoms with van der Waals surface area (Å²) in [6.07, 6.45) is 0.578. The number of hydrogen-bond donors (Lipinski definition) is 2. The van der Waals surface area contributed by atoms with Crippen LogP contribution in [-0.4, -0.2) is 28.6 Å². The van der Waals surface area contributed by atoms with E-state index in [2.05, 4.69) is 21.2 Å². The first kappa shape index (κ1) is 14.6. The summed E-state index contributed by atoms with van der Waals surface area (Å²) in [4.78, 5) is 22.0. The largest absolute Gasteiger partial charge is 0.394 e. The van der Waals surface area contributed by atoms with E-state index < -0.39 is 10.8 Å². The summed E-state index contributed by atoms with van der Waals surface area (Å²) in [6.45, 7) is 1.65. The van der Waals surface area contributed by atoms with Crippen LogP contribution < -0.4 is 5.32 Å². The van der Waals surface area contributed by atoms with E-state index in [1.807, 2.05) is 6.92 Å². The number of nitrogens with one attached hydrogen (secondary N) is 1. The fraction of sp³-hybridized carbons (Fsp3) is 0.364. The summed E-state index contributed by atoms with van der Waals surface area (Å²) < 4.78 is 0.471. The van der Waals surface area contributed by atoms with Crippen LogP contribution in [0.15, 0.2) is 22.7 Å². The molecule has 1 unspecified atom stereocenters. The van der Waals surface area contributed by atoms with Gasteiger partial charge in [-0.15, -0.1) is 0 Å². The fourth-order valence-corrected chi connectivity index (χ4v) is 1.77. The Bertz CT molecular complexity index is 460. The molecule has 0 saturated heterocycles. The van der Waals surface area contributed by atoms with Gasteiger partial charge in [0, 0.05) is 16.6 Å². The van der Waals surface area contributed by atoms with Crippen molar-refractivity contribution < 1.29 is 14.8 Å². The lowest BCUT2D eigenvalue weighted by atomic mass is 10.1. The average Bonchev–Trinajstić information content (AvgIpc) is 2.35. The number of aliphatic hydroxyl groups excluding tert-OH is 1. The number of nitro groups is 1. The van der Waals surface area contributed by atoms with E-state index in [0.29, 0.717) is 10.9 Å². The number of nitrogens with zero attached hydrogens (tertiary/aromatic N) is 1. The van der Waals surface area contributed by atoms with Gasteiger partial charge in [-0.2, -0.15) is 0 Å². The normalized spacial score (nSPS) is 11.9. The molecule has 6 nitrogen and oxygen atoms in total. The molecule has 2 N–H and O–H groups in total. The molecule has 0 saturated carbocycles. The maximum Gasteiger partial charge on any atom is 0.270 e. The molecule has 0 fully saturated rings. The van der Waals surface area contributed by atoms with Crippen LogP contribution in [0.5, 0.6) is 0 Å². The summed E-state index contributed by atoms with van der Waals surface area (Å²) in [5.74, 6) is -0.452. The van der Waals surface area contributed by atoms with Crippen LogP contribution in [0.1, 0.15) is 23.7 Å². The van der Waals surface area contributed by atoms with Gasteiger partial charge < -0.3 is 10.4 Å². The molecule has 1 atom stereocenters. The highest BCUT2D eigenvalue weighted by molar-refractivity contribution is 9.10. The van der Waals surface area contributed by atoms with Gasteiger partial charge in [-0.3, -0.25) is 14.9 Å². The number of benzene rings is 1. The van der Waals surface area contributed by atoms with Crippen molar-refractivity contribution in [3.8, 4) is 0 Å². The minimum absolute atomic E-state index is 0.152. The molecular formula is C11H13BrN2O4. The second-order valence-corrected chi connectivity index (χ2v) is 4.54. The summed E-state index contributed by atoms with van der Waals surface area (Å²) in [5.41, 5.74) is 0.0245. The second-order valence-electron chi connectivity index (χ2n) is 3.68. The minimum Gasteiger partial charge on any atom is -0.394 e. The Morgan fingerprint density at radius 2 is 2.28 bits per heavy atom. The molecule has 0 aliphatic heterocycles. The summed E-state index contributed by atoms with van der Waals surface area (Å²) >= 11 is 3.17. The lowest BCUT2D eigenvalue weighted by Gasteiger charge is -2.14. The molecule has 0 radical (unpaired) electrons. The van der Waals surface area contributed by atoms with Gasteiger partial charge >= 0.3 is 0 Å². The van der Waals surface area contributed by atoms with Crippen molar-refractivity contribution in [3.63, 3.8) is 0 Å². The van der Waals surface area contributed by atoms with Gasteiger partial charge in [0.05, 0.1) is 23.1 Å². The van der Waals surface area contributed by atoms with Gasteiger partial charge in [0.2, 0.25) is 0 Å². The predicted octanol–water partition coefficient (Wildman–Crippen LogP) is 1.86. The molecule has 1 aromatic rings. The first-order chi connectivity index (χ1) is 8.49. The van der Waals surface area contributed by atoms with Crippen molar-refractivity contribution in [2.24, 2.45) is 0 Å². The number of halogens is 1. The third kappa shape index (κ3) is 3.51. The van der Waals surface area contributed by atoms with Gasteiger partial charge in [-0.1, -0.05) is 6.92 Å². The lowest BCUT2D eigenvalue weighted by molar-refractivity contribution is -0.384. The number of carbonyl (C=O) groups is 1. The monoisotopic (exact) mass is 316 g/mol. The van der Waals surface area contributed by atoms with E-state index in [-0.39, 0.29) is 23.9 Å². The van der Waals surface area contributed by atoms with Crippen molar-refractivity contribution >= 4 is 27.5 Å². The van der Waals surface area contributed by atoms with Crippen LogP contribution in [0.2, 0.25) is 0 Å². The van der Waals surface area contributed by atoms with Crippen molar-refractivity contribution in [3.05, 3.63) is 38.3 Å². The van der Waals surface area contributed by atoms with E-state index in [0.717, 1.165) is 0 Å². The van der Waals surface area contributed by atoms with E-state index in [1.54, 1.807) is 0 Å². The topological polar surface area (TPSA) is 92.5 Å². The van der Waals surface area contributed by atoms with Crippen molar-refractivity contribution in [1.82, 2.24) is 5.32 Å². The number of nitro benzene ring substituents is 1. The molecule has 0 spiro atoms. The molecule has 98 valence electrons. The summed E-state index contributed by atoms with van der Waals surface area (Å²) in [5, 5.41) is 22.2. The standard InChI is InChI=1S/C11H13BrN2O4/c1-2-7(6-15)13-11(16)9-5-8(14(17)18)3-4-10(9)12/h3-5,7,15H,2,6H2,1H3,(H,13,16). The SMILES string of the molecule is CCC(CO)NC(=O)c1cc([N+](=O)[O-])ccc1Br. The van der Waals surface area contributed by atoms with Crippen LogP contribution in [0.25, 0.3) is 0 Å². The van der Waals surface area contributed by atoms with Gasteiger partial charge in [0.25, 0.3) is 11.6 Å². The number of aliphatic hydroxyl groups is 1. The number of carbonyl (C=O) groups excluding carboxylic acids is 1. The van der Waals surface area contributed by atoms with Crippen LogP contribution in [0.4, 0.5) is 5.69 Å². The number of non-ortho nitro benzene ring substituents is 1. The van der Waals surface area contributed by atoms with E-state index >= 15 is 0 Å². The molecule has 1 aromatic carbocycles. The Morgan fingerprint density at radius 1 is 1.61 bits per heavy atom. The summed E-state index contributed by atoms with van der Waals surface area (Å²) in [6, 6.07) is 3.60. The smallest absolute Gasteiger partial charge is 0.270 e. The molecule has 0 heterocycles. The zero-order valence-corrected chi connectivity index (χ0v) is 11.3. The Kier molecular flexibility index (Phi) is 5.24. The highest BCUT2D eigenvalue weighted by Gasteiger charge is 2.17. The third-order valence-corrected chi connectivity index (χ3v) is 3.15. The molecule has 18 heavy (non-hydrogen) atoms. The average molecular weight is 317 g/mol. The van der Waals surface area contributed by atoms with Crippen LogP contribution in [0.3, 0.4) is 0 Å². The molecular weight excluding hydrogens is 304 g/mol. The predicted molar refractivity (Wildman–Crippen MR) is 69.4 cm³/mol. The van der Waals surface area contributed by atoms with Gasteiger partial charge in [-0.25, -0.2) is 0 Å². The maximum atomic E-state index is 11.9. The number of amides is 1.